The van der Waals surface area contributed by atoms with Crippen molar-refractivity contribution in [3.63, 3.8) is 0 Å². The normalized spacial score (nSPS) is 23.9. The number of hydrogen-bond donors (Lipinski definition) is 1. The molecule has 26 heavy (non-hydrogen) atoms. The van der Waals surface area contributed by atoms with Crippen LogP contribution in [0.3, 0.4) is 0 Å². The summed E-state index contributed by atoms with van der Waals surface area (Å²) in [6, 6.07) is 8.03. The predicted octanol–water partition coefficient (Wildman–Crippen LogP) is 3.42. The second-order valence-electron chi connectivity index (χ2n) is 7.64. The van der Waals surface area contributed by atoms with E-state index in [1.807, 2.05) is 38.1 Å². The molecule has 1 aliphatic heterocycles. The van der Waals surface area contributed by atoms with Crippen LogP contribution in [0.25, 0.3) is 0 Å². The Balaban J connectivity index is 1.69. The number of carbonyl (C=O) groups is 2. The Morgan fingerprint density at radius 3 is 2.58 bits per heavy atom. The average molecular weight is 358 g/mol. The van der Waals surface area contributed by atoms with E-state index in [0.29, 0.717) is 26.0 Å². The van der Waals surface area contributed by atoms with Gasteiger partial charge in [-0.15, -0.1) is 0 Å². The van der Waals surface area contributed by atoms with Gasteiger partial charge in [-0.25, -0.2) is 0 Å². The quantitative estimate of drug-likeness (QED) is 0.848. The van der Waals surface area contributed by atoms with Crippen molar-refractivity contribution in [1.29, 1.82) is 0 Å². The van der Waals surface area contributed by atoms with E-state index in [0.717, 1.165) is 24.2 Å². The van der Waals surface area contributed by atoms with Crippen molar-refractivity contribution in [2.45, 2.75) is 76.9 Å². The van der Waals surface area contributed by atoms with Gasteiger partial charge in [-0.05, 0) is 50.8 Å². The van der Waals surface area contributed by atoms with Crippen molar-refractivity contribution in [3.8, 4) is 5.75 Å². The summed E-state index contributed by atoms with van der Waals surface area (Å²) in [5.41, 5.74) is 0.257. The molecule has 1 saturated carbocycles. The van der Waals surface area contributed by atoms with E-state index < -0.39 is 5.54 Å². The van der Waals surface area contributed by atoms with Crippen LogP contribution in [-0.4, -0.2) is 34.9 Å². The molecule has 2 amide bonds. The third kappa shape index (κ3) is 4.02. The highest BCUT2D eigenvalue weighted by Crippen LogP contribution is 2.33. The Kier molecular flexibility index (Phi) is 5.84. The molecule has 0 radical (unpaired) electrons. The zero-order chi connectivity index (χ0) is 18.6. The van der Waals surface area contributed by atoms with Gasteiger partial charge in [0.05, 0.1) is 6.61 Å². The predicted molar refractivity (Wildman–Crippen MR) is 101 cm³/mol. The van der Waals surface area contributed by atoms with Crippen LogP contribution in [-0.2, 0) is 16.1 Å². The van der Waals surface area contributed by atoms with Crippen LogP contribution in [0.4, 0.5) is 0 Å². The van der Waals surface area contributed by atoms with E-state index in [4.69, 9.17) is 4.74 Å². The van der Waals surface area contributed by atoms with E-state index in [1.54, 1.807) is 4.90 Å². The molecule has 5 heteroatoms. The fourth-order valence-electron chi connectivity index (χ4n) is 4.02. The van der Waals surface area contributed by atoms with Gasteiger partial charge in [0.1, 0.15) is 11.3 Å². The average Bonchev–Trinajstić information content (AvgIpc) is 2.94. The molecule has 2 fully saturated rings. The molecule has 3 rings (SSSR count). The molecule has 0 unspecified atom stereocenters. The number of hydrogen-bond acceptors (Lipinski definition) is 3. The second-order valence-corrected chi connectivity index (χ2v) is 7.64. The van der Waals surface area contributed by atoms with Gasteiger partial charge in [0, 0.05) is 19.0 Å². The summed E-state index contributed by atoms with van der Waals surface area (Å²) in [5, 5.41) is 3.21. The molecule has 1 heterocycles. The third-order valence-corrected chi connectivity index (χ3v) is 5.73. The molecular weight excluding hydrogens is 328 g/mol. The highest BCUT2D eigenvalue weighted by atomic mass is 16.5. The zero-order valence-corrected chi connectivity index (χ0v) is 15.9. The molecule has 0 aromatic heterocycles. The molecule has 1 aromatic carbocycles. The third-order valence-electron chi connectivity index (χ3n) is 5.73. The second kappa shape index (κ2) is 8.11. The summed E-state index contributed by atoms with van der Waals surface area (Å²) in [4.78, 5) is 27.2. The summed E-state index contributed by atoms with van der Waals surface area (Å²) in [6.45, 7) is 4.95. The van der Waals surface area contributed by atoms with Crippen molar-refractivity contribution < 1.29 is 14.3 Å². The number of likely N-dealkylation sites (tertiary alicyclic amines) is 1. The maximum atomic E-state index is 13.0. The number of rotatable bonds is 6. The maximum Gasteiger partial charge on any atom is 0.245 e. The fourth-order valence-corrected chi connectivity index (χ4v) is 4.02. The molecule has 142 valence electrons. The molecule has 0 spiro atoms. The Hall–Kier alpha value is -2.04. The Morgan fingerprint density at radius 1 is 1.23 bits per heavy atom. The minimum absolute atomic E-state index is 0.00110. The van der Waals surface area contributed by atoms with Crippen molar-refractivity contribution in [3.05, 3.63) is 29.8 Å². The van der Waals surface area contributed by atoms with Gasteiger partial charge in [-0.2, -0.15) is 0 Å². The molecule has 5 nitrogen and oxygen atoms in total. The molecule has 1 saturated heterocycles. The van der Waals surface area contributed by atoms with Gasteiger partial charge in [-0.1, -0.05) is 31.4 Å². The van der Waals surface area contributed by atoms with Gasteiger partial charge in [0.15, 0.2) is 0 Å². The lowest BCUT2D eigenvalue weighted by Crippen LogP contribution is -2.56. The van der Waals surface area contributed by atoms with Gasteiger partial charge < -0.3 is 15.0 Å². The number of carbonyl (C=O) groups excluding carboxylic acids is 2. The van der Waals surface area contributed by atoms with E-state index in [-0.39, 0.29) is 17.9 Å². The van der Waals surface area contributed by atoms with Crippen LogP contribution in [0.2, 0.25) is 0 Å². The van der Waals surface area contributed by atoms with Crippen LogP contribution >= 0.6 is 0 Å². The molecule has 1 N–H and O–H groups in total. The first-order valence-electron chi connectivity index (χ1n) is 9.86. The largest absolute Gasteiger partial charge is 0.494 e. The summed E-state index contributed by atoms with van der Waals surface area (Å²) >= 11 is 0. The molecule has 2 aliphatic rings. The van der Waals surface area contributed by atoms with Crippen molar-refractivity contribution in [2.24, 2.45) is 0 Å². The first-order chi connectivity index (χ1) is 12.5. The number of benzene rings is 1. The molecule has 1 aromatic rings. The molecule has 1 atom stereocenters. The Bertz CT molecular complexity index is 637. The maximum absolute atomic E-state index is 13.0. The SMILES string of the molecule is CCOc1ccc(CN2C(=O)CC[C@]2(C)C(=O)NC2CCCCC2)cc1. The minimum Gasteiger partial charge on any atom is -0.494 e. The van der Waals surface area contributed by atoms with Gasteiger partial charge in [0.2, 0.25) is 11.8 Å². The van der Waals surface area contributed by atoms with Gasteiger partial charge >= 0.3 is 0 Å². The van der Waals surface area contributed by atoms with E-state index in [9.17, 15) is 9.59 Å². The Morgan fingerprint density at radius 2 is 1.92 bits per heavy atom. The zero-order valence-electron chi connectivity index (χ0n) is 15.9. The summed E-state index contributed by atoms with van der Waals surface area (Å²) in [5.74, 6) is 0.878. The number of nitrogens with zero attached hydrogens (tertiary/aromatic N) is 1. The number of nitrogens with one attached hydrogen (secondary N) is 1. The van der Waals surface area contributed by atoms with E-state index in [1.165, 1.54) is 19.3 Å². The number of ether oxygens (including phenoxy) is 1. The first kappa shape index (κ1) is 18.7. The van der Waals surface area contributed by atoms with Crippen molar-refractivity contribution in [1.82, 2.24) is 10.2 Å². The lowest BCUT2D eigenvalue weighted by atomic mass is 9.92. The fraction of sp³-hybridized carbons (Fsp3) is 0.619. The van der Waals surface area contributed by atoms with Crippen LogP contribution in [0.5, 0.6) is 5.75 Å². The van der Waals surface area contributed by atoms with E-state index in [2.05, 4.69) is 5.32 Å². The van der Waals surface area contributed by atoms with Gasteiger partial charge in [0.25, 0.3) is 0 Å². The molecular formula is C21H30N2O3. The highest BCUT2D eigenvalue weighted by Gasteiger charge is 2.47. The summed E-state index contributed by atoms with van der Waals surface area (Å²) < 4.78 is 5.47. The highest BCUT2D eigenvalue weighted by molar-refractivity contribution is 5.94. The molecule has 1 aliphatic carbocycles. The van der Waals surface area contributed by atoms with Crippen LogP contribution in [0.15, 0.2) is 24.3 Å². The molecule has 0 bridgehead atoms. The number of amides is 2. The Labute approximate surface area is 156 Å². The van der Waals surface area contributed by atoms with Crippen molar-refractivity contribution >= 4 is 11.8 Å². The minimum atomic E-state index is -0.757. The lowest BCUT2D eigenvalue weighted by Gasteiger charge is -2.36. The smallest absolute Gasteiger partial charge is 0.245 e. The monoisotopic (exact) mass is 358 g/mol. The van der Waals surface area contributed by atoms with Crippen LogP contribution in [0, 0.1) is 0 Å². The van der Waals surface area contributed by atoms with Crippen LogP contribution < -0.4 is 10.1 Å². The summed E-state index contributed by atoms with van der Waals surface area (Å²) in [6.07, 6.45) is 6.73. The van der Waals surface area contributed by atoms with E-state index >= 15 is 0 Å². The van der Waals surface area contributed by atoms with Crippen LogP contribution in [0.1, 0.15) is 64.4 Å². The standard InChI is InChI=1S/C21H30N2O3/c1-3-26-18-11-9-16(10-12-18)15-23-19(24)13-14-21(23,2)20(25)22-17-7-5-4-6-8-17/h9-12,17H,3-8,13-15H2,1-2H3,(H,22,25)/t21-/m1/s1. The first-order valence-corrected chi connectivity index (χ1v) is 9.86. The van der Waals surface area contributed by atoms with Crippen molar-refractivity contribution in [2.75, 3.05) is 6.61 Å². The van der Waals surface area contributed by atoms with Gasteiger partial charge in [-0.3, -0.25) is 9.59 Å². The summed E-state index contributed by atoms with van der Waals surface area (Å²) in [7, 11) is 0. The topological polar surface area (TPSA) is 58.6 Å². The lowest BCUT2D eigenvalue weighted by molar-refractivity contribution is -0.141.